The van der Waals surface area contributed by atoms with Gasteiger partial charge in [0.05, 0.1) is 11.5 Å². The molecule has 2 rings (SSSR count). The maximum absolute atomic E-state index is 12.0. The Morgan fingerprint density at radius 2 is 1.14 bits per heavy atom. The van der Waals surface area contributed by atoms with Crippen LogP contribution < -0.4 is 22.5 Å². The maximum Gasteiger partial charge on any atom is 0.325 e. The number of sulfone groups is 1. The van der Waals surface area contributed by atoms with Gasteiger partial charge in [0.15, 0.2) is 9.84 Å². The van der Waals surface area contributed by atoms with E-state index in [0.29, 0.717) is 0 Å². The Balaban J connectivity index is 2.31. The van der Waals surface area contributed by atoms with Crippen LogP contribution in [0.2, 0.25) is 0 Å². The van der Waals surface area contributed by atoms with Gasteiger partial charge in [-0.25, -0.2) is 18.0 Å². The number of rotatable bonds is 4. The van der Waals surface area contributed by atoms with Crippen molar-refractivity contribution in [2.75, 3.05) is 0 Å². The van der Waals surface area contributed by atoms with Crippen molar-refractivity contribution in [2.45, 2.75) is 11.5 Å². The third kappa shape index (κ3) is 3.66. The molecule has 2 aromatic rings. The predicted octanol–water partition coefficient (Wildman–Crippen LogP) is -2.45. The molecule has 0 saturated carbocycles. The summed E-state index contributed by atoms with van der Waals surface area (Å²) < 4.78 is 23.9. The lowest BCUT2D eigenvalue weighted by Gasteiger charge is -2.03. The van der Waals surface area contributed by atoms with Crippen molar-refractivity contribution >= 4 is 9.84 Å². The van der Waals surface area contributed by atoms with Gasteiger partial charge in [0, 0.05) is 23.5 Å². The first-order valence-corrected chi connectivity index (χ1v) is 7.41. The maximum atomic E-state index is 12.0. The third-order valence-electron chi connectivity index (χ3n) is 2.54. The molecular formula is C10H10N4O6S. The van der Waals surface area contributed by atoms with E-state index in [0.717, 1.165) is 12.4 Å². The molecule has 21 heavy (non-hydrogen) atoms. The van der Waals surface area contributed by atoms with E-state index in [-0.39, 0.29) is 11.1 Å². The molecule has 10 nitrogen and oxygen atoms in total. The quantitative estimate of drug-likeness (QED) is 0.489. The number of hydrogen-bond acceptors (Lipinski definition) is 6. The summed E-state index contributed by atoms with van der Waals surface area (Å²) in [6.45, 7) is 0. The van der Waals surface area contributed by atoms with Crippen LogP contribution in [0.3, 0.4) is 0 Å². The largest absolute Gasteiger partial charge is 0.325 e. The summed E-state index contributed by atoms with van der Waals surface area (Å²) in [6.07, 6.45) is 1.99. The van der Waals surface area contributed by atoms with Gasteiger partial charge < -0.3 is 9.97 Å². The second-order valence-corrected chi connectivity index (χ2v) is 6.29. The van der Waals surface area contributed by atoms with Crippen LogP contribution >= 0.6 is 0 Å². The van der Waals surface area contributed by atoms with Gasteiger partial charge in [0.2, 0.25) is 0 Å². The minimum atomic E-state index is -3.84. The number of aromatic nitrogens is 4. The lowest BCUT2D eigenvalue weighted by atomic mass is 10.4. The summed E-state index contributed by atoms with van der Waals surface area (Å²) in [6, 6.07) is 0. The molecule has 0 saturated heterocycles. The van der Waals surface area contributed by atoms with E-state index < -0.39 is 43.8 Å². The molecule has 0 amide bonds. The van der Waals surface area contributed by atoms with E-state index in [1.54, 1.807) is 0 Å². The Hall–Kier alpha value is -2.69. The summed E-state index contributed by atoms with van der Waals surface area (Å²) in [5, 5.41) is 0. The van der Waals surface area contributed by atoms with Crippen molar-refractivity contribution in [3.63, 3.8) is 0 Å². The zero-order valence-corrected chi connectivity index (χ0v) is 11.2. The standard InChI is InChI=1S/C10H10N4O6S/c15-7-5(1-11-9(17)13-7)3-21(19,20)4-6-2-12-10(18)14-8(6)16/h1-2H,3-4H2,(H2,11,13,15,17)(H2,12,14,16,18). The molecule has 0 aliphatic rings. The number of hydrogen-bond donors (Lipinski definition) is 4. The first kappa shape index (κ1) is 14.7. The summed E-state index contributed by atoms with van der Waals surface area (Å²) in [5.41, 5.74) is -3.46. The van der Waals surface area contributed by atoms with E-state index in [1.807, 2.05) is 9.97 Å². The van der Waals surface area contributed by atoms with Gasteiger partial charge in [-0.3, -0.25) is 19.6 Å². The number of aromatic amines is 4. The molecule has 2 aromatic heterocycles. The van der Waals surface area contributed by atoms with Crippen molar-refractivity contribution in [3.8, 4) is 0 Å². The average Bonchev–Trinajstić information content (AvgIpc) is 2.36. The molecule has 0 radical (unpaired) electrons. The van der Waals surface area contributed by atoms with Crippen LogP contribution in [0, 0.1) is 0 Å². The third-order valence-corrected chi connectivity index (χ3v) is 4.04. The average molecular weight is 314 g/mol. The van der Waals surface area contributed by atoms with Crippen LogP contribution in [0.5, 0.6) is 0 Å². The first-order valence-electron chi connectivity index (χ1n) is 5.59. The second-order valence-electron chi connectivity index (χ2n) is 4.23. The topological polar surface area (TPSA) is 166 Å². The molecule has 0 fully saturated rings. The molecule has 2 heterocycles. The number of nitrogens with one attached hydrogen (secondary N) is 4. The SMILES string of the molecule is O=c1[nH]cc(CS(=O)(=O)Cc2c[nH]c(=O)[nH]c2=O)c(=O)[nH]1. The van der Waals surface area contributed by atoms with Crippen molar-refractivity contribution in [1.82, 2.24) is 19.9 Å². The van der Waals surface area contributed by atoms with Gasteiger partial charge in [0.25, 0.3) is 11.1 Å². The van der Waals surface area contributed by atoms with Gasteiger partial charge in [-0.05, 0) is 0 Å². The van der Waals surface area contributed by atoms with E-state index in [4.69, 9.17) is 0 Å². The number of H-pyrrole nitrogens is 4. The Labute approximate surface area is 115 Å². The highest BCUT2D eigenvalue weighted by Crippen LogP contribution is 2.05. The summed E-state index contributed by atoms with van der Waals surface area (Å²) >= 11 is 0. The zero-order valence-electron chi connectivity index (χ0n) is 10.4. The minimum Gasteiger partial charge on any atom is -0.314 e. The first-order chi connectivity index (χ1) is 9.77. The molecule has 0 bridgehead atoms. The molecule has 11 heteroatoms. The fourth-order valence-electron chi connectivity index (χ4n) is 1.61. The molecule has 0 unspecified atom stereocenters. The zero-order chi connectivity index (χ0) is 15.6. The van der Waals surface area contributed by atoms with Crippen molar-refractivity contribution in [1.29, 1.82) is 0 Å². The summed E-state index contributed by atoms with van der Waals surface area (Å²) in [5.74, 6) is -1.31. The monoisotopic (exact) mass is 314 g/mol. The lowest BCUT2D eigenvalue weighted by Crippen LogP contribution is -2.28. The van der Waals surface area contributed by atoms with Gasteiger partial charge >= 0.3 is 11.4 Å². The van der Waals surface area contributed by atoms with E-state index in [9.17, 15) is 27.6 Å². The highest BCUT2D eigenvalue weighted by Gasteiger charge is 2.17. The molecule has 0 aliphatic heterocycles. The van der Waals surface area contributed by atoms with E-state index in [1.165, 1.54) is 0 Å². The van der Waals surface area contributed by atoms with Gasteiger partial charge in [-0.2, -0.15) is 0 Å². The van der Waals surface area contributed by atoms with Gasteiger partial charge in [0.1, 0.15) is 0 Å². The van der Waals surface area contributed by atoms with Crippen LogP contribution in [-0.2, 0) is 21.3 Å². The van der Waals surface area contributed by atoms with Crippen molar-refractivity contribution in [3.05, 3.63) is 65.2 Å². The molecule has 0 atom stereocenters. The van der Waals surface area contributed by atoms with Crippen LogP contribution in [0.1, 0.15) is 11.1 Å². The smallest absolute Gasteiger partial charge is 0.314 e. The molecule has 0 aromatic carbocycles. The lowest BCUT2D eigenvalue weighted by molar-refractivity contribution is 0.593. The Morgan fingerprint density at radius 3 is 1.48 bits per heavy atom. The molecule has 112 valence electrons. The fraction of sp³-hybridized carbons (Fsp3) is 0.200. The normalized spacial score (nSPS) is 11.4. The summed E-state index contributed by atoms with van der Waals surface area (Å²) in [4.78, 5) is 52.6. The van der Waals surface area contributed by atoms with Crippen LogP contribution in [-0.4, -0.2) is 28.4 Å². The van der Waals surface area contributed by atoms with Crippen LogP contribution in [0.25, 0.3) is 0 Å². The Kier molecular flexibility index (Phi) is 3.76. The Morgan fingerprint density at radius 1 is 0.762 bits per heavy atom. The molecule has 4 N–H and O–H groups in total. The molecule has 0 spiro atoms. The highest BCUT2D eigenvalue weighted by atomic mass is 32.2. The van der Waals surface area contributed by atoms with Crippen LogP contribution in [0.4, 0.5) is 0 Å². The fourth-order valence-corrected chi connectivity index (χ4v) is 3.09. The highest BCUT2D eigenvalue weighted by molar-refractivity contribution is 7.89. The predicted molar refractivity (Wildman–Crippen MR) is 71.7 cm³/mol. The van der Waals surface area contributed by atoms with Crippen molar-refractivity contribution < 1.29 is 8.42 Å². The van der Waals surface area contributed by atoms with E-state index >= 15 is 0 Å². The summed E-state index contributed by atoms with van der Waals surface area (Å²) in [7, 11) is -3.84. The van der Waals surface area contributed by atoms with Crippen LogP contribution in [0.15, 0.2) is 31.6 Å². The second kappa shape index (κ2) is 5.36. The van der Waals surface area contributed by atoms with E-state index in [2.05, 4.69) is 9.97 Å². The minimum absolute atomic E-state index is 0.157. The molecular weight excluding hydrogens is 304 g/mol. The molecule has 0 aliphatic carbocycles. The van der Waals surface area contributed by atoms with Crippen molar-refractivity contribution in [2.24, 2.45) is 0 Å². The van der Waals surface area contributed by atoms with Gasteiger partial charge in [-0.15, -0.1) is 0 Å². The van der Waals surface area contributed by atoms with Gasteiger partial charge in [-0.1, -0.05) is 0 Å². The Bertz CT molecular complexity index is 918.